The molecule has 2 aromatic carbocycles. The van der Waals surface area contributed by atoms with Crippen LogP contribution in [0.1, 0.15) is 90.2 Å². The maximum absolute atomic E-state index is 15.8. The topological polar surface area (TPSA) is 215 Å². The zero-order valence-corrected chi connectivity index (χ0v) is 41.4. The Bertz CT molecular complexity index is 2310. The maximum Gasteiger partial charge on any atom is 0.410 e. The summed E-state index contributed by atoms with van der Waals surface area (Å²) in [6.07, 6.45) is -10.3. The highest BCUT2D eigenvalue weighted by atomic mass is 16.6. The first-order chi connectivity index (χ1) is 32.4. The van der Waals surface area contributed by atoms with E-state index in [1.165, 1.54) is 26.0 Å². The van der Waals surface area contributed by atoms with Gasteiger partial charge in [-0.1, -0.05) is 62.4 Å². The number of alkyl carbamates (subject to hydrolysis) is 1. The summed E-state index contributed by atoms with van der Waals surface area (Å²) < 4.78 is 49.4. The van der Waals surface area contributed by atoms with Gasteiger partial charge < -0.3 is 58.1 Å². The molecule has 2 saturated carbocycles. The van der Waals surface area contributed by atoms with E-state index < -0.39 is 119 Å². The van der Waals surface area contributed by atoms with E-state index >= 15 is 9.59 Å². The van der Waals surface area contributed by atoms with Crippen molar-refractivity contribution in [2.75, 3.05) is 54.1 Å². The Kier molecular flexibility index (Phi) is 14.5. The minimum Gasteiger partial charge on any atom is -0.455 e. The summed E-state index contributed by atoms with van der Waals surface area (Å²) in [5.74, 6) is -4.54. The van der Waals surface area contributed by atoms with Gasteiger partial charge in [0.25, 0.3) is 0 Å². The van der Waals surface area contributed by atoms with Crippen molar-refractivity contribution < 1.29 is 71.8 Å². The molecule has 18 nitrogen and oxygen atoms in total. The van der Waals surface area contributed by atoms with E-state index in [-0.39, 0.29) is 24.2 Å². The normalized spacial score (nSPS) is 31.8. The van der Waals surface area contributed by atoms with E-state index in [0.29, 0.717) is 37.3 Å². The standard InChI is InChI=1S/C51H67N3O15/c1-29-33(65-44(58)39(66-46(60)54-24-22-53(9)23-25-54)37(31-18-14-12-15-19-31)52-45(59)69-47(3,4)5)27-51(61)42(67-43(57)32-20-16-13-17-21-32)40-49(8,41(56)38(63-11)36(29)48(51,6)7)34(62-10)26-35-50(40,28-64-35)68-30(2)55/h12-21,33-35,37-40,42,61H,22-28H2,1-11H3,(H,52,59)/t33-,34-,35+,37-,38+,39+,40-,42-,49+,50-,51+/m0/s1. The van der Waals surface area contributed by atoms with Crippen LogP contribution in [-0.2, 0) is 52.3 Å². The highest BCUT2D eigenvalue weighted by Crippen LogP contribution is 2.65. The number of ketones is 1. The van der Waals surface area contributed by atoms with Gasteiger partial charge >= 0.3 is 30.1 Å². The minimum atomic E-state index is -2.27. The van der Waals surface area contributed by atoms with Crippen molar-refractivity contribution in [2.45, 2.75) is 128 Å². The van der Waals surface area contributed by atoms with Crippen molar-refractivity contribution in [3.05, 3.63) is 82.9 Å². The first kappa shape index (κ1) is 51.5. The number of nitrogens with zero attached hydrogens (tertiary/aromatic N) is 2. The minimum absolute atomic E-state index is 0.104. The molecule has 0 spiro atoms. The van der Waals surface area contributed by atoms with Crippen molar-refractivity contribution in [1.29, 1.82) is 0 Å². The van der Waals surface area contributed by atoms with E-state index in [1.54, 1.807) is 109 Å². The van der Waals surface area contributed by atoms with Crippen molar-refractivity contribution in [3.8, 4) is 0 Å². The van der Waals surface area contributed by atoms with Crippen LogP contribution in [0.25, 0.3) is 0 Å². The number of ether oxygens (including phenoxy) is 8. The molecule has 11 atom stereocenters. The molecule has 2 amide bonds. The number of likely N-dealkylation sites (N-methyl/N-ethyl adjacent to an activating group) is 1. The van der Waals surface area contributed by atoms with Crippen molar-refractivity contribution >= 4 is 35.9 Å². The summed E-state index contributed by atoms with van der Waals surface area (Å²) in [5, 5.41) is 16.8. The lowest BCUT2D eigenvalue weighted by Gasteiger charge is -2.67. The van der Waals surface area contributed by atoms with E-state index in [1.807, 2.05) is 11.9 Å². The smallest absolute Gasteiger partial charge is 0.410 e. The largest absolute Gasteiger partial charge is 0.455 e. The highest BCUT2D eigenvalue weighted by molar-refractivity contribution is 5.94. The predicted octanol–water partition coefficient (Wildman–Crippen LogP) is 4.96. The molecule has 376 valence electrons. The van der Waals surface area contributed by atoms with Gasteiger partial charge in [0.1, 0.15) is 41.7 Å². The molecule has 2 bridgehead atoms. The fraction of sp³-hybridized carbons (Fsp3) is 0.608. The van der Waals surface area contributed by atoms with Crippen LogP contribution < -0.4 is 5.32 Å². The number of fused-ring (bicyclic) bond motifs is 5. The predicted molar refractivity (Wildman–Crippen MR) is 247 cm³/mol. The van der Waals surface area contributed by atoms with E-state index in [4.69, 9.17) is 37.9 Å². The fourth-order valence-corrected chi connectivity index (χ4v) is 11.3. The molecule has 18 heteroatoms. The van der Waals surface area contributed by atoms with E-state index in [9.17, 15) is 24.3 Å². The van der Waals surface area contributed by atoms with Crippen LogP contribution in [0.5, 0.6) is 0 Å². The van der Waals surface area contributed by atoms with Gasteiger partial charge in [0, 0.05) is 65.6 Å². The summed E-state index contributed by atoms with van der Waals surface area (Å²) in [6.45, 7) is 14.4. The third-order valence-corrected chi connectivity index (χ3v) is 15.0. The number of hydrogen-bond acceptors (Lipinski definition) is 16. The van der Waals surface area contributed by atoms with Gasteiger partial charge in [0.05, 0.1) is 29.6 Å². The maximum atomic E-state index is 15.8. The van der Waals surface area contributed by atoms with Gasteiger partial charge in [-0.15, -0.1) is 0 Å². The van der Waals surface area contributed by atoms with Gasteiger partial charge in [0.2, 0.25) is 6.10 Å². The number of rotatable bonds is 11. The number of nitrogens with one attached hydrogen (secondary N) is 1. The molecule has 0 unspecified atom stereocenters. The third kappa shape index (κ3) is 9.37. The van der Waals surface area contributed by atoms with Gasteiger partial charge in [-0.2, -0.15) is 0 Å². The number of benzene rings is 2. The van der Waals surface area contributed by atoms with Crippen molar-refractivity contribution in [1.82, 2.24) is 15.1 Å². The van der Waals surface area contributed by atoms with Crippen LogP contribution in [0.15, 0.2) is 71.8 Å². The number of esters is 3. The molecule has 2 aromatic rings. The Hall–Kier alpha value is -5.40. The van der Waals surface area contributed by atoms with Gasteiger partial charge in [0.15, 0.2) is 11.4 Å². The number of hydrogen-bond donors (Lipinski definition) is 2. The van der Waals surface area contributed by atoms with E-state index in [2.05, 4.69) is 5.32 Å². The summed E-state index contributed by atoms with van der Waals surface area (Å²) in [6, 6.07) is 15.2. The summed E-state index contributed by atoms with van der Waals surface area (Å²) >= 11 is 0. The highest BCUT2D eigenvalue weighted by Gasteiger charge is 2.78. The van der Waals surface area contributed by atoms with Crippen LogP contribution >= 0.6 is 0 Å². The molecule has 2 aliphatic heterocycles. The molecular formula is C51H67N3O15. The van der Waals surface area contributed by atoms with Crippen LogP contribution in [0, 0.1) is 16.7 Å². The van der Waals surface area contributed by atoms with Crippen LogP contribution in [0.2, 0.25) is 0 Å². The lowest BCUT2D eigenvalue weighted by atomic mass is 9.44. The fourth-order valence-electron chi connectivity index (χ4n) is 11.3. The van der Waals surface area contributed by atoms with Gasteiger partial charge in [-0.25, -0.2) is 19.2 Å². The monoisotopic (exact) mass is 961 g/mol. The Morgan fingerprint density at radius 2 is 1.52 bits per heavy atom. The Balaban J connectivity index is 1.40. The first-order valence-corrected chi connectivity index (χ1v) is 23.4. The number of piperazine rings is 1. The number of amides is 2. The number of carbonyl (C=O) groups is 6. The summed E-state index contributed by atoms with van der Waals surface area (Å²) in [7, 11) is 4.71. The zero-order chi connectivity index (χ0) is 50.4. The van der Waals surface area contributed by atoms with Gasteiger partial charge in [-0.3, -0.25) is 9.59 Å². The SMILES string of the molecule is CO[C@H]1C(=O)[C@]2(C)[C@@H](OC)C[C@H]3OC[C@@]3(OC(C)=O)[C@H]2[C@H](OC(=O)c2ccccc2)[C@]2(O)C[C@H](OC(=O)[C@H](OC(=O)N3CCN(C)CC3)[C@@H](NC(=O)OC(C)(C)C)c3ccccc3)C(C)=C1C2(C)C. The molecule has 69 heavy (non-hydrogen) atoms. The summed E-state index contributed by atoms with van der Waals surface area (Å²) in [5.41, 5.74) is -6.99. The molecular weight excluding hydrogens is 895 g/mol. The second-order valence-corrected chi connectivity index (χ2v) is 20.6. The average molecular weight is 962 g/mol. The third-order valence-electron chi connectivity index (χ3n) is 15.0. The Morgan fingerprint density at radius 3 is 2.07 bits per heavy atom. The molecule has 3 aliphatic carbocycles. The number of Topliss-reactive ketones (excluding diaryl/α,β-unsaturated/α-hetero) is 1. The van der Waals surface area contributed by atoms with E-state index in [0.717, 1.165) is 0 Å². The second kappa shape index (κ2) is 19.4. The molecule has 0 radical (unpaired) electrons. The van der Waals surface area contributed by atoms with Crippen LogP contribution in [0.4, 0.5) is 9.59 Å². The average Bonchev–Trinajstić information content (AvgIpc) is 3.29. The lowest BCUT2D eigenvalue weighted by molar-refractivity contribution is -0.347. The number of carbonyl (C=O) groups excluding carboxylic acids is 6. The lowest BCUT2D eigenvalue weighted by Crippen LogP contribution is -2.82. The number of methoxy groups -OCH3 is 2. The van der Waals surface area contributed by atoms with Crippen molar-refractivity contribution in [2.24, 2.45) is 16.7 Å². The molecule has 2 saturated heterocycles. The van der Waals surface area contributed by atoms with Crippen LogP contribution in [-0.4, -0.2) is 158 Å². The van der Waals surface area contributed by atoms with Gasteiger partial charge in [-0.05, 0) is 70.5 Å². The molecule has 7 rings (SSSR count). The molecule has 5 aliphatic rings. The van der Waals surface area contributed by atoms with Crippen molar-refractivity contribution in [3.63, 3.8) is 0 Å². The van der Waals surface area contributed by atoms with Crippen LogP contribution in [0.3, 0.4) is 0 Å². The first-order valence-electron chi connectivity index (χ1n) is 23.4. The Morgan fingerprint density at radius 1 is 0.899 bits per heavy atom. The quantitative estimate of drug-likeness (QED) is 0.173. The number of aliphatic hydroxyl groups is 1. The Labute approximate surface area is 403 Å². The zero-order valence-electron chi connectivity index (χ0n) is 41.4. The molecule has 0 aromatic heterocycles. The molecule has 2 N–H and O–H groups in total. The molecule has 4 fully saturated rings. The summed E-state index contributed by atoms with van der Waals surface area (Å²) in [4.78, 5) is 90.0. The second-order valence-electron chi connectivity index (χ2n) is 20.6. The molecule has 2 heterocycles.